The summed E-state index contributed by atoms with van der Waals surface area (Å²) in [5, 5.41) is 8.27. The van der Waals surface area contributed by atoms with Crippen LogP contribution >= 0.6 is 0 Å². The molecule has 0 aliphatic carbocycles. The van der Waals surface area contributed by atoms with Gasteiger partial charge in [0.15, 0.2) is 0 Å². The van der Waals surface area contributed by atoms with E-state index in [1.807, 2.05) is 0 Å². The van der Waals surface area contributed by atoms with Crippen LogP contribution in [0, 0.1) is 0 Å². The monoisotopic (exact) mass is 288 g/mol. The van der Waals surface area contributed by atoms with Crippen molar-refractivity contribution in [2.75, 3.05) is 6.61 Å². The van der Waals surface area contributed by atoms with E-state index in [0.717, 1.165) is 19.3 Å². The molecular formula is C16H32O4. The van der Waals surface area contributed by atoms with Crippen molar-refractivity contribution in [2.45, 2.75) is 85.0 Å². The Morgan fingerprint density at radius 1 is 0.850 bits per heavy atom. The van der Waals surface area contributed by atoms with Crippen LogP contribution in [-0.4, -0.2) is 23.7 Å². The van der Waals surface area contributed by atoms with Crippen molar-refractivity contribution in [3.05, 3.63) is 0 Å². The van der Waals surface area contributed by atoms with E-state index in [2.05, 4.69) is 13.8 Å². The zero-order chi connectivity index (χ0) is 15.6. The molecular weight excluding hydrogens is 256 g/mol. The van der Waals surface area contributed by atoms with Gasteiger partial charge in [0, 0.05) is 13.3 Å². The number of carbonyl (C=O) groups excluding carboxylic acids is 1. The quantitative estimate of drug-likeness (QED) is 0.447. The van der Waals surface area contributed by atoms with Gasteiger partial charge in [-0.1, -0.05) is 58.8 Å². The van der Waals surface area contributed by atoms with Gasteiger partial charge in [0.05, 0.1) is 6.61 Å². The predicted molar refractivity (Wildman–Crippen MR) is 81.8 cm³/mol. The van der Waals surface area contributed by atoms with Gasteiger partial charge < -0.3 is 9.84 Å². The van der Waals surface area contributed by atoms with E-state index >= 15 is 0 Å². The molecule has 0 heterocycles. The lowest BCUT2D eigenvalue weighted by Crippen LogP contribution is -1.99. The van der Waals surface area contributed by atoms with E-state index in [-0.39, 0.29) is 5.97 Å². The third-order valence-corrected chi connectivity index (χ3v) is 2.80. The Morgan fingerprint density at radius 3 is 1.80 bits per heavy atom. The molecule has 0 radical (unpaired) electrons. The molecule has 0 fully saturated rings. The van der Waals surface area contributed by atoms with Crippen LogP contribution in [-0.2, 0) is 14.3 Å². The molecule has 0 atom stereocenters. The van der Waals surface area contributed by atoms with Crippen molar-refractivity contribution in [3.8, 4) is 0 Å². The minimum absolute atomic E-state index is 0.170. The minimum atomic E-state index is -0.670. The summed E-state index contributed by atoms with van der Waals surface area (Å²) in [6.45, 7) is 6.35. The van der Waals surface area contributed by atoms with Gasteiger partial charge in [-0.3, -0.25) is 9.59 Å². The second-order valence-corrected chi connectivity index (χ2v) is 4.96. The first-order valence-electron chi connectivity index (χ1n) is 7.89. The molecule has 0 aromatic rings. The van der Waals surface area contributed by atoms with Gasteiger partial charge in [-0.2, -0.15) is 0 Å². The third kappa shape index (κ3) is 25.7. The summed E-state index contributed by atoms with van der Waals surface area (Å²) in [6.07, 6.45) is 10.5. The van der Waals surface area contributed by atoms with Crippen LogP contribution in [0.4, 0.5) is 0 Å². The molecule has 0 amide bonds. The van der Waals surface area contributed by atoms with E-state index in [1.165, 1.54) is 45.4 Å². The summed E-state index contributed by atoms with van der Waals surface area (Å²) in [6, 6.07) is 0. The molecule has 0 saturated carbocycles. The van der Waals surface area contributed by atoms with Crippen LogP contribution in [0.5, 0.6) is 0 Å². The molecule has 0 aliphatic heterocycles. The molecule has 0 bridgehead atoms. The van der Waals surface area contributed by atoms with E-state index in [0.29, 0.717) is 13.0 Å². The smallest absolute Gasteiger partial charge is 0.303 e. The van der Waals surface area contributed by atoms with Crippen molar-refractivity contribution in [3.63, 3.8) is 0 Å². The van der Waals surface area contributed by atoms with Gasteiger partial charge in [-0.15, -0.1) is 0 Å². The van der Waals surface area contributed by atoms with Gasteiger partial charge >= 0.3 is 11.9 Å². The van der Waals surface area contributed by atoms with Crippen LogP contribution in [0.15, 0.2) is 0 Å². The Morgan fingerprint density at radius 2 is 1.35 bits per heavy atom. The Labute approximate surface area is 123 Å². The number of carboxylic acid groups (broad SMARTS) is 1. The maximum atomic E-state index is 10.3. The van der Waals surface area contributed by atoms with E-state index in [1.54, 1.807) is 0 Å². The fraction of sp³-hybridized carbons (Fsp3) is 0.875. The van der Waals surface area contributed by atoms with Gasteiger partial charge in [0.2, 0.25) is 0 Å². The highest BCUT2D eigenvalue weighted by molar-refractivity contribution is 5.66. The number of carboxylic acids is 1. The lowest BCUT2D eigenvalue weighted by molar-refractivity contribution is -0.141. The third-order valence-electron chi connectivity index (χ3n) is 2.80. The van der Waals surface area contributed by atoms with Gasteiger partial charge in [0.1, 0.15) is 0 Å². The first-order chi connectivity index (χ1) is 9.54. The average Bonchev–Trinajstić information content (AvgIpc) is 2.38. The maximum absolute atomic E-state index is 10.3. The Bertz CT molecular complexity index is 203. The SMILES string of the molecule is CCCCCCCC(=O)O.CCCCCCOC(C)=O. The molecule has 0 unspecified atom stereocenters. The van der Waals surface area contributed by atoms with Crippen LogP contribution < -0.4 is 0 Å². The number of rotatable bonds is 11. The average molecular weight is 288 g/mol. The van der Waals surface area contributed by atoms with Crippen molar-refractivity contribution >= 4 is 11.9 Å². The van der Waals surface area contributed by atoms with Gasteiger partial charge in [-0.25, -0.2) is 0 Å². The van der Waals surface area contributed by atoms with Gasteiger partial charge in [0.25, 0.3) is 0 Å². The topological polar surface area (TPSA) is 63.6 Å². The number of hydrogen-bond acceptors (Lipinski definition) is 3. The van der Waals surface area contributed by atoms with Crippen LogP contribution in [0.2, 0.25) is 0 Å². The molecule has 4 nitrogen and oxygen atoms in total. The van der Waals surface area contributed by atoms with E-state index < -0.39 is 5.97 Å². The molecule has 0 aliphatic rings. The molecule has 1 N–H and O–H groups in total. The normalized spacial score (nSPS) is 9.55. The summed E-state index contributed by atoms with van der Waals surface area (Å²) in [5.74, 6) is -0.840. The fourth-order valence-corrected chi connectivity index (χ4v) is 1.62. The molecule has 0 saturated heterocycles. The Balaban J connectivity index is 0. The molecule has 4 heteroatoms. The zero-order valence-corrected chi connectivity index (χ0v) is 13.5. The van der Waals surface area contributed by atoms with Crippen LogP contribution in [0.1, 0.15) is 85.0 Å². The molecule has 0 rings (SSSR count). The highest BCUT2D eigenvalue weighted by Crippen LogP contribution is 2.04. The number of ether oxygens (including phenoxy) is 1. The van der Waals surface area contributed by atoms with Crippen molar-refractivity contribution < 1.29 is 19.4 Å². The second kappa shape index (κ2) is 17.9. The summed E-state index contributed by atoms with van der Waals surface area (Å²) >= 11 is 0. The maximum Gasteiger partial charge on any atom is 0.303 e. The Kier molecular flexibility index (Phi) is 19.1. The summed E-state index contributed by atoms with van der Waals surface area (Å²) in [7, 11) is 0. The van der Waals surface area contributed by atoms with Crippen LogP contribution in [0.25, 0.3) is 0 Å². The van der Waals surface area contributed by atoms with Crippen LogP contribution in [0.3, 0.4) is 0 Å². The number of carbonyl (C=O) groups is 2. The molecule has 0 aromatic heterocycles. The number of unbranched alkanes of at least 4 members (excludes halogenated alkanes) is 7. The first kappa shape index (κ1) is 21.2. The summed E-state index contributed by atoms with van der Waals surface area (Å²) in [4.78, 5) is 20.3. The molecule has 0 spiro atoms. The van der Waals surface area contributed by atoms with E-state index in [9.17, 15) is 9.59 Å². The predicted octanol–water partition coefficient (Wildman–Crippen LogP) is 4.56. The Hall–Kier alpha value is -1.06. The zero-order valence-electron chi connectivity index (χ0n) is 13.5. The molecule has 120 valence electrons. The van der Waals surface area contributed by atoms with Crippen molar-refractivity contribution in [1.29, 1.82) is 0 Å². The summed E-state index contributed by atoms with van der Waals surface area (Å²) < 4.78 is 4.75. The van der Waals surface area contributed by atoms with E-state index in [4.69, 9.17) is 9.84 Å². The lowest BCUT2D eigenvalue weighted by Gasteiger charge is -1.99. The van der Waals surface area contributed by atoms with Crippen molar-refractivity contribution in [1.82, 2.24) is 0 Å². The van der Waals surface area contributed by atoms with Gasteiger partial charge in [-0.05, 0) is 12.8 Å². The standard InChI is InChI=1S/2C8H16O2/c1-3-4-5-6-7-10-8(2)9;1-2-3-4-5-6-7-8(9)10/h3-7H2,1-2H3;2-7H2,1H3,(H,9,10). The molecule has 0 aromatic carbocycles. The molecule has 20 heavy (non-hydrogen) atoms. The first-order valence-corrected chi connectivity index (χ1v) is 7.89. The lowest BCUT2D eigenvalue weighted by atomic mass is 10.1. The highest BCUT2D eigenvalue weighted by Gasteiger charge is 1.94. The number of aliphatic carboxylic acids is 1. The fourth-order valence-electron chi connectivity index (χ4n) is 1.62. The second-order valence-electron chi connectivity index (χ2n) is 4.96. The summed E-state index contributed by atoms with van der Waals surface area (Å²) in [5.41, 5.74) is 0. The minimum Gasteiger partial charge on any atom is -0.481 e. The highest BCUT2D eigenvalue weighted by atomic mass is 16.5. The van der Waals surface area contributed by atoms with Crippen molar-refractivity contribution in [2.24, 2.45) is 0 Å². The number of esters is 1. The number of hydrogen-bond donors (Lipinski definition) is 1. The largest absolute Gasteiger partial charge is 0.481 e.